The van der Waals surface area contributed by atoms with E-state index in [0.717, 1.165) is 51.3 Å². The highest BCUT2D eigenvalue weighted by atomic mass is 79.9. The lowest BCUT2D eigenvalue weighted by molar-refractivity contribution is 3.89. The van der Waals surface area contributed by atoms with E-state index in [4.69, 9.17) is 0 Å². The van der Waals surface area contributed by atoms with Gasteiger partial charge in [0.05, 0.1) is 6.45 Å². The van der Waals surface area contributed by atoms with Crippen molar-refractivity contribution in [3.63, 3.8) is 0 Å². The minimum absolute atomic E-state index is 0.144. The van der Waals surface area contributed by atoms with E-state index in [0.29, 0.717) is 0 Å². The summed E-state index contributed by atoms with van der Waals surface area (Å²) in [6.07, 6.45) is 0. The highest BCUT2D eigenvalue weighted by Crippen LogP contribution is 1.88. The molecule has 8 heteroatoms. The Morgan fingerprint density at radius 2 is 1.38 bits per heavy atom. The van der Waals surface area contributed by atoms with Crippen molar-refractivity contribution in [1.29, 1.82) is 0 Å². The zero-order valence-corrected chi connectivity index (χ0v) is 16.4. The Kier molecular flexibility index (Phi) is 4.82. The van der Waals surface area contributed by atoms with E-state index >= 15 is 0 Å². The summed E-state index contributed by atoms with van der Waals surface area (Å²) in [7, 11) is 5.04. The summed E-state index contributed by atoms with van der Waals surface area (Å²) in [5.74, 6) is 0. The average molecular weight is 290 g/mol. The fraction of sp³-hybridized carbons (Fsp3) is 0. The Bertz CT molecular complexity index is 53.4. The van der Waals surface area contributed by atoms with Crippen LogP contribution in [0.5, 0.6) is 0 Å². The lowest BCUT2D eigenvalue weighted by Gasteiger charge is -1.96. The van der Waals surface area contributed by atoms with E-state index in [-0.39, 0.29) is 6.45 Å². The first-order valence-corrected chi connectivity index (χ1v) is 33.3. The van der Waals surface area contributed by atoms with E-state index in [1.165, 1.54) is 0 Å². The molecule has 1 rings (SSSR count). The van der Waals surface area contributed by atoms with Crippen LogP contribution in [0.25, 0.3) is 0 Å². The summed E-state index contributed by atoms with van der Waals surface area (Å²) in [6, 6.07) is 0. The zero-order valence-electron chi connectivity index (χ0n) is 5.20. The first-order valence-electron chi connectivity index (χ1n) is 3.53. The van der Waals surface area contributed by atoms with Crippen molar-refractivity contribution < 1.29 is 0 Å². The number of rotatable bonds is 0. The second-order valence-electron chi connectivity index (χ2n) is 2.59. The van der Waals surface area contributed by atoms with Gasteiger partial charge in [0.25, 0.3) is 0 Å². The molecule has 0 radical (unpaired) electrons. The fourth-order valence-electron chi connectivity index (χ4n) is 1.23. The molecule has 0 N–H and O–H groups in total. The molecular weight excluding hydrogens is 277 g/mol. The predicted molar refractivity (Wildman–Crippen MR) is 67.3 cm³/mol. The summed E-state index contributed by atoms with van der Waals surface area (Å²) < 4.78 is 0. The molecule has 1 heterocycles. The van der Waals surface area contributed by atoms with E-state index < -0.39 is 0 Å². The molecule has 1 fully saturated rings. The molecular formula is H13BrSi7. The molecule has 48 valence electrons. The van der Waals surface area contributed by atoms with Crippen molar-refractivity contribution in [1.82, 2.24) is 0 Å². The lowest BCUT2D eigenvalue weighted by Crippen LogP contribution is -2.28. The Morgan fingerprint density at radius 3 is 1.88 bits per heavy atom. The first kappa shape index (κ1) is 8.10. The normalized spacial score (nSPS) is 49.9. The molecule has 1 saturated heterocycles. The highest BCUT2D eigenvalue weighted by molar-refractivity contribution is 9.27. The van der Waals surface area contributed by atoms with Crippen LogP contribution in [0.3, 0.4) is 0 Å². The van der Waals surface area contributed by atoms with Crippen LogP contribution < -0.4 is 0 Å². The maximum atomic E-state index is 4.01. The monoisotopic (exact) mass is 288 g/mol. The average Bonchev–Trinajstić information content (AvgIpc) is 1.94. The minimum Gasteiger partial charge on any atom is -0.140 e. The van der Waals surface area contributed by atoms with E-state index in [1.54, 1.807) is 0 Å². The van der Waals surface area contributed by atoms with E-state index in [2.05, 4.69) is 15.3 Å². The molecule has 0 aromatic rings. The number of halogens is 1. The van der Waals surface area contributed by atoms with Crippen molar-refractivity contribution >= 4 is 73.1 Å². The largest absolute Gasteiger partial charge is 0.140 e. The highest BCUT2D eigenvalue weighted by Gasteiger charge is 2.11. The molecule has 0 bridgehead atoms. The van der Waals surface area contributed by atoms with E-state index in [9.17, 15) is 0 Å². The van der Waals surface area contributed by atoms with Gasteiger partial charge in [-0.3, -0.25) is 0 Å². The third kappa shape index (κ3) is 3.24. The van der Waals surface area contributed by atoms with E-state index in [1.807, 2.05) is 0 Å². The summed E-state index contributed by atoms with van der Waals surface area (Å²) in [6.45, 7) is 0.144. The van der Waals surface area contributed by atoms with Gasteiger partial charge in [-0.2, -0.15) is 0 Å². The third-order valence-corrected chi connectivity index (χ3v) is 158. The quantitative estimate of drug-likeness (QED) is 0.309. The van der Waals surface area contributed by atoms with Gasteiger partial charge in [0.2, 0.25) is 0 Å². The van der Waals surface area contributed by atoms with Gasteiger partial charge < -0.3 is 0 Å². The Hall–Kier alpha value is 2.00. The Morgan fingerprint density at radius 1 is 0.875 bits per heavy atom. The second-order valence-corrected chi connectivity index (χ2v) is 76.0. The molecule has 1 aliphatic heterocycles. The molecule has 8 heavy (non-hydrogen) atoms. The molecule has 0 nitrogen and oxygen atoms in total. The molecule has 0 aromatic heterocycles. The van der Waals surface area contributed by atoms with Crippen LogP contribution in [0.15, 0.2) is 0 Å². The Labute approximate surface area is 72.6 Å². The summed E-state index contributed by atoms with van der Waals surface area (Å²) in [5, 5.41) is 0. The van der Waals surface area contributed by atoms with Gasteiger partial charge in [-0.1, -0.05) is 0 Å². The molecule has 0 spiro atoms. The van der Waals surface area contributed by atoms with Crippen LogP contribution in [-0.2, 0) is 0 Å². The Balaban J connectivity index is 2.17. The van der Waals surface area contributed by atoms with Crippen LogP contribution in [0.2, 0.25) is 0 Å². The second kappa shape index (κ2) is 4.76. The van der Waals surface area contributed by atoms with Crippen LogP contribution >= 0.6 is 15.3 Å². The SMILES string of the molecule is Br[SiH]1[SiH2][SiH2][SiH2][SiH2][SiH2][SiH2]1. The first-order chi connectivity index (χ1) is 3.89. The molecule has 0 atom stereocenters. The van der Waals surface area contributed by atoms with Crippen molar-refractivity contribution in [3.8, 4) is 0 Å². The third-order valence-electron chi connectivity index (χ3n) is 1.78. The number of hydrogen-bond donors (Lipinski definition) is 0. The smallest absolute Gasteiger partial charge is 0.0796 e. The maximum Gasteiger partial charge on any atom is 0.0796 e. The summed E-state index contributed by atoms with van der Waals surface area (Å²) >= 11 is 4.01. The van der Waals surface area contributed by atoms with Crippen LogP contribution in [-0.4, -0.2) is 57.8 Å². The predicted octanol–water partition coefficient (Wildman–Crippen LogP) is -5.30. The van der Waals surface area contributed by atoms with Gasteiger partial charge in [0.15, 0.2) is 0 Å². The number of hydrogen-bond acceptors (Lipinski definition) is 0. The molecule has 0 aliphatic carbocycles. The summed E-state index contributed by atoms with van der Waals surface area (Å²) in [5.41, 5.74) is 0. The standard InChI is InChI=1S/BrH13Si7/c1-8-6-4-2-3-5-7-8/h8H,2-7H2. The van der Waals surface area contributed by atoms with Crippen LogP contribution in [0, 0.1) is 0 Å². The van der Waals surface area contributed by atoms with Gasteiger partial charge in [-0.15, -0.1) is 15.3 Å². The molecule has 0 saturated carbocycles. The van der Waals surface area contributed by atoms with Crippen molar-refractivity contribution in [2.75, 3.05) is 0 Å². The van der Waals surface area contributed by atoms with Gasteiger partial charge in [0.1, 0.15) is 0 Å². The van der Waals surface area contributed by atoms with Gasteiger partial charge in [-0.05, 0) is 34.2 Å². The maximum absolute atomic E-state index is 4.01. The lowest BCUT2D eigenvalue weighted by atomic mass is 26.3. The fourth-order valence-corrected chi connectivity index (χ4v) is 326. The molecule has 0 unspecified atom stereocenters. The molecule has 0 aromatic carbocycles. The molecule has 0 amide bonds. The van der Waals surface area contributed by atoms with Gasteiger partial charge in [-0.25, -0.2) is 0 Å². The van der Waals surface area contributed by atoms with Crippen LogP contribution in [0.4, 0.5) is 0 Å². The van der Waals surface area contributed by atoms with Gasteiger partial charge >= 0.3 is 0 Å². The summed E-state index contributed by atoms with van der Waals surface area (Å²) in [4.78, 5) is 0. The molecule has 1 aliphatic rings. The van der Waals surface area contributed by atoms with Crippen LogP contribution in [0.1, 0.15) is 0 Å². The zero-order chi connectivity index (χ0) is 5.82. The van der Waals surface area contributed by atoms with Crippen molar-refractivity contribution in [2.45, 2.75) is 0 Å². The van der Waals surface area contributed by atoms with Gasteiger partial charge in [0, 0.05) is 17.1 Å². The van der Waals surface area contributed by atoms with Crippen molar-refractivity contribution in [3.05, 3.63) is 0 Å². The topological polar surface area (TPSA) is 0 Å². The minimum atomic E-state index is 0.144. The van der Waals surface area contributed by atoms with Crippen molar-refractivity contribution in [2.24, 2.45) is 0 Å².